The molecule has 2 N–H and O–H groups in total. The summed E-state index contributed by atoms with van der Waals surface area (Å²) in [6.45, 7) is 0. The lowest BCUT2D eigenvalue weighted by atomic mass is 10.2. The predicted molar refractivity (Wildman–Crippen MR) is 79.9 cm³/mol. The SMILES string of the molecule is O=C(NC(=O)c1ccc(Cl)cc1)Nc1ccc(Br)cn1. The number of hydrogen-bond donors (Lipinski definition) is 2. The quantitative estimate of drug-likeness (QED) is 0.867. The highest BCUT2D eigenvalue weighted by Crippen LogP contribution is 2.11. The number of hydrogen-bond acceptors (Lipinski definition) is 3. The molecule has 7 heteroatoms. The van der Waals surface area contributed by atoms with Gasteiger partial charge in [-0.3, -0.25) is 15.4 Å². The van der Waals surface area contributed by atoms with E-state index in [4.69, 9.17) is 11.6 Å². The maximum atomic E-state index is 11.8. The third kappa shape index (κ3) is 4.04. The molecule has 0 fully saturated rings. The molecule has 3 amide bonds. The van der Waals surface area contributed by atoms with Crippen molar-refractivity contribution in [2.24, 2.45) is 0 Å². The lowest BCUT2D eigenvalue weighted by molar-refractivity contribution is 0.0967. The van der Waals surface area contributed by atoms with Crippen molar-refractivity contribution in [3.05, 3.63) is 57.7 Å². The van der Waals surface area contributed by atoms with Gasteiger partial charge in [-0.05, 0) is 52.3 Å². The van der Waals surface area contributed by atoms with Gasteiger partial charge in [0.05, 0.1) is 0 Å². The Hall–Kier alpha value is -1.92. The normalized spacial score (nSPS) is 9.90. The van der Waals surface area contributed by atoms with Gasteiger partial charge < -0.3 is 0 Å². The maximum absolute atomic E-state index is 11.8. The van der Waals surface area contributed by atoms with Crippen LogP contribution < -0.4 is 10.6 Å². The van der Waals surface area contributed by atoms with E-state index in [2.05, 4.69) is 31.5 Å². The molecular formula is C13H9BrClN3O2. The van der Waals surface area contributed by atoms with Crippen LogP contribution in [0.3, 0.4) is 0 Å². The van der Waals surface area contributed by atoms with Crippen LogP contribution in [0.25, 0.3) is 0 Å². The minimum atomic E-state index is -0.653. The first-order valence-corrected chi connectivity index (χ1v) is 6.71. The largest absolute Gasteiger partial charge is 0.327 e. The molecule has 5 nitrogen and oxygen atoms in total. The summed E-state index contributed by atoms with van der Waals surface area (Å²) < 4.78 is 0.792. The molecule has 0 saturated carbocycles. The molecular weight excluding hydrogens is 346 g/mol. The Morgan fingerprint density at radius 3 is 2.40 bits per heavy atom. The number of carbonyl (C=O) groups is 2. The molecule has 0 spiro atoms. The molecule has 1 heterocycles. The summed E-state index contributed by atoms with van der Waals surface area (Å²) >= 11 is 8.95. The zero-order valence-corrected chi connectivity index (χ0v) is 12.4. The average molecular weight is 355 g/mol. The fourth-order valence-electron chi connectivity index (χ4n) is 1.37. The molecule has 0 saturated heterocycles. The van der Waals surface area contributed by atoms with E-state index in [0.29, 0.717) is 16.4 Å². The molecule has 0 atom stereocenters. The van der Waals surface area contributed by atoms with E-state index < -0.39 is 11.9 Å². The number of benzene rings is 1. The van der Waals surface area contributed by atoms with Gasteiger partial charge in [0.1, 0.15) is 5.82 Å². The van der Waals surface area contributed by atoms with Crippen molar-refractivity contribution in [1.29, 1.82) is 0 Å². The van der Waals surface area contributed by atoms with Crippen molar-refractivity contribution < 1.29 is 9.59 Å². The number of nitrogens with one attached hydrogen (secondary N) is 2. The number of carbonyl (C=O) groups excluding carboxylic acids is 2. The van der Waals surface area contributed by atoms with Crippen molar-refractivity contribution in [3.63, 3.8) is 0 Å². The zero-order chi connectivity index (χ0) is 14.5. The molecule has 0 aliphatic rings. The average Bonchev–Trinajstić information content (AvgIpc) is 2.42. The van der Waals surface area contributed by atoms with E-state index in [0.717, 1.165) is 4.47 Å². The van der Waals surface area contributed by atoms with Gasteiger partial charge in [0, 0.05) is 21.3 Å². The predicted octanol–water partition coefficient (Wildman–Crippen LogP) is 3.46. The van der Waals surface area contributed by atoms with E-state index >= 15 is 0 Å². The number of nitrogens with zero attached hydrogens (tertiary/aromatic N) is 1. The fraction of sp³-hybridized carbons (Fsp3) is 0. The van der Waals surface area contributed by atoms with E-state index in [1.54, 1.807) is 24.3 Å². The summed E-state index contributed by atoms with van der Waals surface area (Å²) in [6.07, 6.45) is 1.54. The van der Waals surface area contributed by atoms with Gasteiger partial charge in [-0.2, -0.15) is 0 Å². The van der Waals surface area contributed by atoms with E-state index in [1.165, 1.54) is 18.3 Å². The highest BCUT2D eigenvalue weighted by atomic mass is 79.9. The fourth-order valence-corrected chi connectivity index (χ4v) is 1.73. The molecule has 1 aromatic heterocycles. The Bertz CT molecular complexity index is 629. The molecule has 1 aromatic carbocycles. The molecule has 0 radical (unpaired) electrons. The van der Waals surface area contributed by atoms with E-state index in [-0.39, 0.29) is 0 Å². The third-order valence-corrected chi connectivity index (χ3v) is 3.02. The van der Waals surface area contributed by atoms with Gasteiger partial charge in [0.25, 0.3) is 5.91 Å². The minimum Gasteiger partial charge on any atom is -0.292 e. The first kappa shape index (κ1) is 14.5. The van der Waals surface area contributed by atoms with Gasteiger partial charge in [-0.15, -0.1) is 0 Å². The monoisotopic (exact) mass is 353 g/mol. The van der Waals surface area contributed by atoms with Crippen LogP contribution in [0.4, 0.5) is 10.6 Å². The van der Waals surface area contributed by atoms with Crippen LogP contribution in [0.1, 0.15) is 10.4 Å². The molecule has 2 rings (SSSR count). The highest BCUT2D eigenvalue weighted by molar-refractivity contribution is 9.10. The zero-order valence-electron chi connectivity index (χ0n) is 10.1. The smallest absolute Gasteiger partial charge is 0.292 e. The summed E-state index contributed by atoms with van der Waals surface area (Å²) in [5.41, 5.74) is 0.341. The van der Waals surface area contributed by atoms with Crippen molar-refractivity contribution in [1.82, 2.24) is 10.3 Å². The maximum Gasteiger partial charge on any atom is 0.327 e. The van der Waals surface area contributed by atoms with Crippen molar-refractivity contribution in [3.8, 4) is 0 Å². The summed E-state index contributed by atoms with van der Waals surface area (Å²) in [4.78, 5) is 27.4. The molecule has 0 aliphatic heterocycles. The topological polar surface area (TPSA) is 71.1 Å². The van der Waals surface area contributed by atoms with E-state index in [1.807, 2.05) is 0 Å². The lowest BCUT2D eigenvalue weighted by Crippen LogP contribution is -2.34. The number of aromatic nitrogens is 1. The standard InChI is InChI=1S/C13H9BrClN3O2/c14-9-3-6-11(16-7-9)17-13(20)18-12(19)8-1-4-10(15)5-2-8/h1-7H,(H2,16,17,18,19,20). The Balaban J connectivity index is 1.95. The number of pyridine rings is 1. The van der Waals surface area contributed by atoms with Gasteiger partial charge in [0.15, 0.2) is 0 Å². The first-order valence-electron chi connectivity index (χ1n) is 5.54. The number of halogens is 2. The van der Waals surface area contributed by atoms with E-state index in [9.17, 15) is 9.59 Å². The summed E-state index contributed by atoms with van der Waals surface area (Å²) in [5, 5.41) is 5.17. The van der Waals surface area contributed by atoms with Gasteiger partial charge in [-0.1, -0.05) is 11.6 Å². The highest BCUT2D eigenvalue weighted by Gasteiger charge is 2.10. The lowest BCUT2D eigenvalue weighted by Gasteiger charge is -2.06. The van der Waals surface area contributed by atoms with Gasteiger partial charge in [0.2, 0.25) is 0 Å². The Morgan fingerprint density at radius 2 is 1.80 bits per heavy atom. The number of anilines is 1. The van der Waals surface area contributed by atoms with Crippen LogP contribution in [-0.4, -0.2) is 16.9 Å². The summed E-state index contributed by atoms with van der Waals surface area (Å²) in [7, 11) is 0. The van der Waals surface area contributed by atoms with Crippen LogP contribution in [0, 0.1) is 0 Å². The van der Waals surface area contributed by atoms with Crippen LogP contribution in [0.15, 0.2) is 47.1 Å². The van der Waals surface area contributed by atoms with Crippen LogP contribution >= 0.6 is 27.5 Å². The second kappa shape index (κ2) is 6.49. The van der Waals surface area contributed by atoms with Crippen LogP contribution in [0.2, 0.25) is 5.02 Å². The third-order valence-electron chi connectivity index (χ3n) is 2.30. The molecule has 102 valence electrons. The summed E-state index contributed by atoms with van der Waals surface area (Å²) in [6, 6.07) is 8.89. The summed E-state index contributed by atoms with van der Waals surface area (Å²) in [5.74, 6) is -0.175. The molecule has 0 bridgehead atoms. The number of rotatable bonds is 2. The Morgan fingerprint density at radius 1 is 1.10 bits per heavy atom. The molecule has 20 heavy (non-hydrogen) atoms. The first-order chi connectivity index (χ1) is 9.54. The molecule has 2 aromatic rings. The molecule has 0 aliphatic carbocycles. The van der Waals surface area contributed by atoms with Crippen molar-refractivity contribution in [2.45, 2.75) is 0 Å². The Kier molecular flexibility index (Phi) is 4.70. The second-order valence-corrected chi connectivity index (χ2v) is 5.13. The molecule has 0 unspecified atom stereocenters. The number of amides is 3. The van der Waals surface area contributed by atoms with Gasteiger partial charge in [-0.25, -0.2) is 9.78 Å². The van der Waals surface area contributed by atoms with Crippen molar-refractivity contribution in [2.75, 3.05) is 5.32 Å². The Labute approximate surface area is 128 Å². The van der Waals surface area contributed by atoms with Crippen LogP contribution in [0.5, 0.6) is 0 Å². The van der Waals surface area contributed by atoms with Crippen molar-refractivity contribution >= 4 is 45.3 Å². The minimum absolute atomic E-state index is 0.341. The van der Waals surface area contributed by atoms with Gasteiger partial charge >= 0.3 is 6.03 Å². The number of imide groups is 1. The van der Waals surface area contributed by atoms with Crippen LogP contribution in [-0.2, 0) is 0 Å². The second-order valence-electron chi connectivity index (χ2n) is 3.78. The number of urea groups is 1.